The van der Waals surface area contributed by atoms with Crippen molar-refractivity contribution in [3.8, 4) is 11.5 Å². The molecule has 4 N–H and O–H groups in total. The summed E-state index contributed by atoms with van der Waals surface area (Å²) in [4.78, 5) is 26.2. The summed E-state index contributed by atoms with van der Waals surface area (Å²) in [6, 6.07) is 2.16. The molecule has 0 spiro atoms. The number of benzene rings is 1. The number of hydrogen-bond acceptors (Lipinski definition) is 7. The number of carbonyl (C=O) groups is 2. The zero-order valence-corrected chi connectivity index (χ0v) is 14.9. The molecule has 27 heavy (non-hydrogen) atoms. The number of ketones is 2. The van der Waals surface area contributed by atoms with E-state index in [-0.39, 0.29) is 47.2 Å². The average Bonchev–Trinajstić information content (AvgIpc) is 2.58. The Kier molecular flexibility index (Phi) is 3.73. The van der Waals surface area contributed by atoms with Crippen LogP contribution in [0.3, 0.4) is 0 Å². The van der Waals surface area contributed by atoms with Gasteiger partial charge in [0, 0.05) is 23.5 Å². The first-order chi connectivity index (χ1) is 12.7. The predicted molar refractivity (Wildman–Crippen MR) is 93.4 cm³/mol. The van der Waals surface area contributed by atoms with Gasteiger partial charge in [-0.15, -0.1) is 0 Å². The van der Waals surface area contributed by atoms with E-state index in [4.69, 9.17) is 4.74 Å². The Morgan fingerprint density at radius 2 is 1.89 bits per heavy atom. The van der Waals surface area contributed by atoms with Crippen LogP contribution < -0.4 is 0 Å². The molecule has 0 aromatic heterocycles. The Labute approximate surface area is 155 Å². The number of phenolic OH excluding ortho intramolecular Hbond substituents is 2. The standard InChI is InChI=1S/C20H20O7/c1-20(2)12-6-13(23)8(7-21)3-10(12)16-17(25)11-4-9(22)5-14(24)15(11)18(26)19(16)27-20/h3-5,10,12-13,21-24H,6-7H2,1-2H3/t10?,12?,13-/m0/s1. The van der Waals surface area contributed by atoms with Crippen LogP contribution >= 0.6 is 0 Å². The molecule has 7 heteroatoms. The number of fused-ring (bicyclic) bond motifs is 3. The highest BCUT2D eigenvalue weighted by atomic mass is 16.5. The summed E-state index contributed by atoms with van der Waals surface area (Å²) in [7, 11) is 0. The van der Waals surface area contributed by atoms with Gasteiger partial charge in [-0.1, -0.05) is 6.08 Å². The van der Waals surface area contributed by atoms with E-state index >= 15 is 0 Å². The van der Waals surface area contributed by atoms with Crippen LogP contribution in [0.2, 0.25) is 0 Å². The summed E-state index contributed by atoms with van der Waals surface area (Å²) >= 11 is 0. The van der Waals surface area contributed by atoms with Crippen molar-refractivity contribution in [1.29, 1.82) is 0 Å². The van der Waals surface area contributed by atoms with Crippen molar-refractivity contribution in [2.45, 2.75) is 32.0 Å². The number of allylic oxidation sites excluding steroid dienone is 3. The zero-order valence-electron chi connectivity index (χ0n) is 14.9. The van der Waals surface area contributed by atoms with Crippen LogP contribution in [0.25, 0.3) is 0 Å². The Morgan fingerprint density at radius 1 is 1.19 bits per heavy atom. The van der Waals surface area contributed by atoms with Crippen molar-refractivity contribution in [2.24, 2.45) is 11.8 Å². The third kappa shape index (κ3) is 2.42. The van der Waals surface area contributed by atoms with E-state index in [9.17, 15) is 30.0 Å². The highest BCUT2D eigenvalue weighted by Crippen LogP contribution is 2.51. The minimum absolute atomic E-state index is 0.0802. The van der Waals surface area contributed by atoms with Gasteiger partial charge in [-0.05, 0) is 31.9 Å². The minimum atomic E-state index is -0.851. The topological polar surface area (TPSA) is 124 Å². The number of hydrogen-bond donors (Lipinski definition) is 4. The van der Waals surface area contributed by atoms with Crippen molar-refractivity contribution in [3.63, 3.8) is 0 Å². The fraction of sp³-hybridized carbons (Fsp3) is 0.400. The number of aliphatic hydroxyl groups is 2. The number of aliphatic hydroxyl groups excluding tert-OH is 2. The maximum Gasteiger partial charge on any atom is 0.232 e. The fourth-order valence-corrected chi connectivity index (χ4v) is 4.41. The molecule has 0 bridgehead atoms. The monoisotopic (exact) mass is 372 g/mol. The molecule has 0 amide bonds. The number of aromatic hydroxyl groups is 2. The predicted octanol–water partition coefficient (Wildman–Crippen LogP) is 1.46. The van der Waals surface area contributed by atoms with Crippen LogP contribution in [0.15, 0.2) is 35.1 Å². The van der Waals surface area contributed by atoms with Gasteiger partial charge in [0.15, 0.2) is 11.5 Å². The van der Waals surface area contributed by atoms with Crippen LogP contribution in [-0.2, 0) is 4.74 Å². The molecule has 0 saturated carbocycles. The number of carbonyl (C=O) groups excluding carboxylic acids is 2. The number of ether oxygens (including phenoxy) is 1. The molecule has 1 aromatic carbocycles. The maximum absolute atomic E-state index is 13.2. The lowest BCUT2D eigenvalue weighted by Gasteiger charge is -2.48. The minimum Gasteiger partial charge on any atom is -0.508 e. The van der Waals surface area contributed by atoms with Gasteiger partial charge in [-0.25, -0.2) is 0 Å². The number of Topliss-reactive ketones (excluding diaryl/α,β-unsaturated/α-hetero) is 2. The van der Waals surface area contributed by atoms with Crippen LogP contribution in [0.5, 0.6) is 11.5 Å². The number of rotatable bonds is 1. The molecule has 4 rings (SSSR count). The Balaban J connectivity index is 1.95. The van der Waals surface area contributed by atoms with E-state index in [1.54, 1.807) is 19.9 Å². The maximum atomic E-state index is 13.2. The second kappa shape index (κ2) is 5.68. The first-order valence-electron chi connectivity index (χ1n) is 8.73. The molecule has 142 valence electrons. The molecule has 7 nitrogen and oxygen atoms in total. The van der Waals surface area contributed by atoms with E-state index in [1.165, 1.54) is 0 Å². The Hall–Kier alpha value is -2.64. The smallest absolute Gasteiger partial charge is 0.232 e. The summed E-state index contributed by atoms with van der Waals surface area (Å²) in [6.07, 6.45) is 1.06. The van der Waals surface area contributed by atoms with Crippen LogP contribution in [0.1, 0.15) is 41.0 Å². The van der Waals surface area contributed by atoms with Gasteiger partial charge in [0.25, 0.3) is 0 Å². The largest absolute Gasteiger partial charge is 0.508 e. The van der Waals surface area contributed by atoms with Gasteiger partial charge in [-0.3, -0.25) is 9.59 Å². The van der Waals surface area contributed by atoms with Gasteiger partial charge in [0.2, 0.25) is 5.78 Å². The molecule has 0 radical (unpaired) electrons. The van der Waals surface area contributed by atoms with Gasteiger partial charge in [0.05, 0.1) is 23.8 Å². The van der Waals surface area contributed by atoms with E-state index in [1.807, 2.05) is 0 Å². The van der Waals surface area contributed by atoms with Crippen molar-refractivity contribution < 1.29 is 34.8 Å². The first kappa shape index (κ1) is 17.8. The van der Waals surface area contributed by atoms with Gasteiger partial charge in [-0.2, -0.15) is 0 Å². The highest BCUT2D eigenvalue weighted by Gasteiger charge is 2.52. The molecular weight excluding hydrogens is 352 g/mol. The van der Waals surface area contributed by atoms with E-state index < -0.39 is 34.9 Å². The summed E-state index contributed by atoms with van der Waals surface area (Å²) in [5, 5.41) is 39.7. The molecule has 0 saturated heterocycles. The molecule has 2 aliphatic carbocycles. The first-order valence-corrected chi connectivity index (χ1v) is 8.73. The summed E-state index contributed by atoms with van der Waals surface area (Å²) < 4.78 is 5.92. The molecule has 0 fully saturated rings. The van der Waals surface area contributed by atoms with Crippen molar-refractivity contribution in [3.05, 3.63) is 46.2 Å². The lowest BCUT2D eigenvalue weighted by atomic mass is 9.64. The third-order valence-electron chi connectivity index (χ3n) is 5.78. The van der Waals surface area contributed by atoms with E-state index in [0.717, 1.165) is 12.1 Å². The molecule has 2 unspecified atom stereocenters. The second-order valence-corrected chi connectivity index (χ2v) is 7.78. The fourth-order valence-electron chi connectivity index (χ4n) is 4.41. The number of phenols is 2. The normalized spacial score (nSPS) is 28.7. The highest BCUT2D eigenvalue weighted by molar-refractivity contribution is 6.27. The average molecular weight is 372 g/mol. The molecule has 3 atom stereocenters. The lowest BCUT2D eigenvalue weighted by molar-refractivity contribution is -0.0624. The zero-order chi connectivity index (χ0) is 19.7. The van der Waals surface area contributed by atoms with Gasteiger partial charge in [0.1, 0.15) is 17.1 Å². The Morgan fingerprint density at radius 3 is 2.56 bits per heavy atom. The molecular formula is C20H20O7. The Bertz CT molecular complexity index is 938. The van der Waals surface area contributed by atoms with Gasteiger partial charge < -0.3 is 25.2 Å². The summed E-state index contributed by atoms with van der Waals surface area (Å²) in [5.41, 5.74) is -0.580. The second-order valence-electron chi connectivity index (χ2n) is 7.78. The van der Waals surface area contributed by atoms with E-state index in [2.05, 4.69) is 0 Å². The van der Waals surface area contributed by atoms with Crippen molar-refractivity contribution >= 4 is 11.6 Å². The van der Waals surface area contributed by atoms with Crippen LogP contribution in [0, 0.1) is 11.8 Å². The van der Waals surface area contributed by atoms with Crippen LogP contribution in [0.4, 0.5) is 0 Å². The lowest BCUT2D eigenvalue weighted by Crippen LogP contribution is -2.50. The SMILES string of the molecule is CC1(C)OC2=C(C(=O)c3cc(O)cc(O)c3C2=O)C2C=C(CO)[C@@H](O)CC21. The quantitative estimate of drug-likeness (QED) is 0.550. The van der Waals surface area contributed by atoms with E-state index in [0.29, 0.717) is 5.57 Å². The summed E-state index contributed by atoms with van der Waals surface area (Å²) in [5.74, 6) is -2.87. The van der Waals surface area contributed by atoms with Crippen LogP contribution in [-0.4, -0.2) is 50.3 Å². The van der Waals surface area contributed by atoms with Crippen molar-refractivity contribution in [2.75, 3.05) is 6.61 Å². The molecule has 1 heterocycles. The molecule has 1 aliphatic heterocycles. The van der Waals surface area contributed by atoms with Crippen molar-refractivity contribution in [1.82, 2.24) is 0 Å². The summed E-state index contributed by atoms with van der Waals surface area (Å²) in [6.45, 7) is 3.21. The molecule has 3 aliphatic rings. The molecule has 1 aromatic rings. The third-order valence-corrected chi connectivity index (χ3v) is 5.78. The van der Waals surface area contributed by atoms with Gasteiger partial charge >= 0.3 is 0 Å².